The normalized spacial score (nSPS) is 12.7. The van der Waals surface area contributed by atoms with E-state index in [1.165, 1.54) is 54.2 Å². The van der Waals surface area contributed by atoms with Crippen molar-refractivity contribution >= 4 is 75.1 Å². The smallest absolute Gasteiger partial charge is 0.0645 e. The summed E-state index contributed by atoms with van der Waals surface area (Å²) in [5.41, 5.74) is 10.4. The van der Waals surface area contributed by atoms with Gasteiger partial charge < -0.3 is 9.13 Å². The first kappa shape index (κ1) is 25.5. The molecule has 3 aromatic heterocycles. The van der Waals surface area contributed by atoms with Gasteiger partial charge in [0.15, 0.2) is 0 Å². The number of thiophene rings is 1. The van der Waals surface area contributed by atoms with Crippen molar-refractivity contribution in [3.63, 3.8) is 0 Å². The Morgan fingerprint density at radius 2 is 0.882 bits per heavy atom. The Hall–Kier alpha value is -6.42. The summed E-state index contributed by atoms with van der Waals surface area (Å²) in [4.78, 5) is 0. The van der Waals surface area contributed by atoms with Gasteiger partial charge in [-0.25, -0.2) is 0 Å². The molecule has 0 spiro atoms. The van der Waals surface area contributed by atoms with Crippen LogP contribution >= 0.6 is 11.3 Å². The van der Waals surface area contributed by atoms with Crippen molar-refractivity contribution < 1.29 is 4.11 Å². The van der Waals surface area contributed by atoms with E-state index < -0.39 is 0 Å². The van der Waals surface area contributed by atoms with Crippen molar-refractivity contribution in [3.8, 4) is 33.6 Å². The van der Waals surface area contributed by atoms with Crippen molar-refractivity contribution in [3.05, 3.63) is 182 Å². The van der Waals surface area contributed by atoms with Crippen molar-refractivity contribution in [2.75, 3.05) is 0 Å². The van der Waals surface area contributed by atoms with Gasteiger partial charge in [0, 0.05) is 53.1 Å². The highest BCUT2D eigenvalue weighted by molar-refractivity contribution is 7.25. The number of hydrogen-bond donors (Lipinski definition) is 0. The van der Waals surface area contributed by atoms with Crippen LogP contribution in [0, 0.1) is 0 Å². The fourth-order valence-corrected chi connectivity index (χ4v) is 9.13. The van der Waals surface area contributed by atoms with Crippen LogP contribution in [-0.4, -0.2) is 9.13 Å². The lowest BCUT2D eigenvalue weighted by molar-refractivity contribution is 1.18. The molecule has 0 aliphatic rings. The summed E-state index contributed by atoms with van der Waals surface area (Å²) in [5.74, 6) is 0. The predicted molar refractivity (Wildman–Crippen MR) is 219 cm³/mol. The second-order valence-corrected chi connectivity index (χ2v) is 14.2. The third-order valence-electron chi connectivity index (χ3n) is 10.3. The Morgan fingerprint density at radius 1 is 0.353 bits per heavy atom. The molecule has 0 fully saturated rings. The maximum absolute atomic E-state index is 8.70. The molecule has 0 radical (unpaired) electrons. The largest absolute Gasteiger partial charge is 0.309 e. The Kier molecular flexibility index (Phi) is 5.53. The number of fused-ring (bicyclic) bond motifs is 9. The van der Waals surface area contributed by atoms with Crippen LogP contribution in [0.3, 0.4) is 0 Å². The Morgan fingerprint density at radius 3 is 1.59 bits per heavy atom. The lowest BCUT2D eigenvalue weighted by atomic mass is 10.0. The standard InChI is InChI=1S/C48H30N2S/c1-2-12-35(13-3-1)49-43-18-7-4-15-37(43)41-28-32(22-25-45(41)49)33-23-26-46-42(29-33)38-16-5-8-19-44(38)50(46)36-14-10-11-31(27-36)34-21-24-40-39-17-6-9-20-47(39)51-48(40)30-34/h1-30H/i1D,12D,13D. The molecule has 11 aromatic rings. The van der Waals surface area contributed by atoms with Crippen LogP contribution in [0.2, 0.25) is 0 Å². The van der Waals surface area contributed by atoms with Gasteiger partial charge in [0.05, 0.1) is 26.2 Å². The minimum Gasteiger partial charge on any atom is -0.309 e. The number of aromatic nitrogens is 2. The lowest BCUT2D eigenvalue weighted by Crippen LogP contribution is -1.94. The summed E-state index contributed by atoms with van der Waals surface area (Å²) in [6, 6.07) is 58.0. The van der Waals surface area contributed by atoms with E-state index in [4.69, 9.17) is 4.11 Å². The summed E-state index contributed by atoms with van der Waals surface area (Å²) in [5, 5.41) is 7.14. The van der Waals surface area contributed by atoms with Crippen molar-refractivity contribution in [2.45, 2.75) is 0 Å². The van der Waals surface area contributed by atoms with Gasteiger partial charge in [0.25, 0.3) is 0 Å². The van der Waals surface area contributed by atoms with Crippen LogP contribution in [0.5, 0.6) is 0 Å². The molecule has 0 atom stereocenters. The average molecular weight is 670 g/mol. The monoisotopic (exact) mass is 669 g/mol. The zero-order chi connectivity index (χ0) is 36.1. The molecule has 0 saturated carbocycles. The number of para-hydroxylation sites is 3. The number of benzene rings is 8. The first-order valence-corrected chi connectivity index (χ1v) is 18.0. The van der Waals surface area contributed by atoms with Crippen molar-refractivity contribution in [1.82, 2.24) is 9.13 Å². The molecule has 11 rings (SSSR count). The second-order valence-electron chi connectivity index (χ2n) is 13.1. The topological polar surface area (TPSA) is 9.86 Å². The molecule has 0 amide bonds. The zero-order valence-corrected chi connectivity index (χ0v) is 28.2. The molecule has 3 heteroatoms. The molecule has 0 bridgehead atoms. The van der Waals surface area contributed by atoms with Crippen LogP contribution in [-0.2, 0) is 0 Å². The van der Waals surface area contributed by atoms with E-state index in [0.717, 1.165) is 49.7 Å². The average Bonchev–Trinajstić information content (AvgIpc) is 3.85. The van der Waals surface area contributed by atoms with Crippen LogP contribution in [0.15, 0.2) is 182 Å². The van der Waals surface area contributed by atoms with Crippen molar-refractivity contribution in [2.24, 2.45) is 0 Å². The Bertz CT molecular complexity index is 3310. The van der Waals surface area contributed by atoms with Gasteiger partial charge in [0.2, 0.25) is 0 Å². The van der Waals surface area contributed by atoms with E-state index in [1.807, 2.05) is 34.1 Å². The lowest BCUT2D eigenvalue weighted by Gasteiger charge is -2.11. The predicted octanol–water partition coefficient (Wildman–Crippen LogP) is 13.6. The summed E-state index contributed by atoms with van der Waals surface area (Å²) < 4.78 is 32.5. The highest BCUT2D eigenvalue weighted by Crippen LogP contribution is 2.40. The van der Waals surface area contributed by atoms with E-state index >= 15 is 0 Å². The van der Waals surface area contributed by atoms with Crippen LogP contribution in [0.4, 0.5) is 0 Å². The van der Waals surface area contributed by atoms with Gasteiger partial charge >= 0.3 is 0 Å². The molecule has 0 unspecified atom stereocenters. The zero-order valence-electron chi connectivity index (χ0n) is 30.4. The second kappa shape index (κ2) is 11.0. The first-order chi connectivity index (χ1) is 26.5. The van der Waals surface area contributed by atoms with Gasteiger partial charge in [-0.15, -0.1) is 11.3 Å². The molecule has 3 heterocycles. The number of rotatable bonds is 4. The minimum atomic E-state index is 0.170. The van der Waals surface area contributed by atoms with Gasteiger partial charge in [-0.2, -0.15) is 0 Å². The molecule has 2 nitrogen and oxygen atoms in total. The fourth-order valence-electron chi connectivity index (χ4n) is 7.99. The number of nitrogens with zero attached hydrogens (tertiary/aromatic N) is 2. The molecule has 238 valence electrons. The third kappa shape index (κ3) is 4.35. The quantitative estimate of drug-likeness (QED) is 0.176. The van der Waals surface area contributed by atoms with Crippen LogP contribution in [0.1, 0.15) is 4.11 Å². The first-order valence-electron chi connectivity index (χ1n) is 18.7. The molecular formula is C48H30N2S. The highest BCUT2D eigenvalue weighted by atomic mass is 32.1. The minimum absolute atomic E-state index is 0.170. The van der Waals surface area contributed by atoms with Crippen LogP contribution in [0.25, 0.3) is 97.4 Å². The molecule has 0 aliphatic carbocycles. The molecule has 0 aliphatic heterocycles. The molecule has 8 aromatic carbocycles. The number of hydrogen-bond acceptors (Lipinski definition) is 1. The summed E-state index contributed by atoms with van der Waals surface area (Å²) in [6.45, 7) is 0. The molecule has 0 saturated heterocycles. The van der Waals surface area contributed by atoms with Crippen molar-refractivity contribution in [1.29, 1.82) is 0 Å². The summed E-state index contributed by atoms with van der Waals surface area (Å²) in [7, 11) is 0. The SMILES string of the molecule is [2H]c1cc([2H])c(-n2c3ccccc3c3cc(-c4ccc5c(c4)c4ccccc4n5-c4cccc(-c5ccc6c(c5)sc5ccccc56)c4)ccc32)c([2H])c1. The van der Waals surface area contributed by atoms with E-state index in [-0.39, 0.29) is 18.1 Å². The fraction of sp³-hybridized carbons (Fsp3) is 0. The van der Waals surface area contributed by atoms with Crippen LogP contribution < -0.4 is 0 Å². The molecule has 51 heavy (non-hydrogen) atoms. The van der Waals surface area contributed by atoms with Gasteiger partial charge in [-0.1, -0.05) is 109 Å². The highest BCUT2D eigenvalue weighted by Gasteiger charge is 2.16. The van der Waals surface area contributed by atoms with Gasteiger partial charge in [0.1, 0.15) is 0 Å². The van der Waals surface area contributed by atoms with E-state index in [2.05, 4.69) is 138 Å². The third-order valence-corrected chi connectivity index (χ3v) is 11.4. The summed E-state index contributed by atoms with van der Waals surface area (Å²) >= 11 is 1.85. The van der Waals surface area contributed by atoms with E-state index in [1.54, 1.807) is 0 Å². The van der Waals surface area contributed by atoms with E-state index in [0.29, 0.717) is 5.69 Å². The van der Waals surface area contributed by atoms with Gasteiger partial charge in [-0.05, 0) is 95.0 Å². The summed E-state index contributed by atoms with van der Waals surface area (Å²) in [6.07, 6.45) is 0. The maximum atomic E-state index is 8.70. The van der Waals surface area contributed by atoms with Gasteiger partial charge in [-0.3, -0.25) is 0 Å². The molecular weight excluding hydrogens is 637 g/mol. The van der Waals surface area contributed by atoms with E-state index in [9.17, 15) is 0 Å². The molecule has 0 N–H and O–H groups in total. The maximum Gasteiger partial charge on any atom is 0.0645 e. The Labute approximate surface area is 302 Å². The Balaban J connectivity index is 1.05.